The van der Waals surface area contributed by atoms with E-state index < -0.39 is 0 Å². The van der Waals surface area contributed by atoms with E-state index >= 15 is 0 Å². The van der Waals surface area contributed by atoms with Crippen LogP contribution in [0.5, 0.6) is 0 Å². The molecule has 2 aromatic rings. The van der Waals surface area contributed by atoms with Gasteiger partial charge in [-0.2, -0.15) is 5.10 Å². The van der Waals surface area contributed by atoms with Crippen molar-refractivity contribution < 1.29 is 0 Å². The predicted octanol–water partition coefficient (Wildman–Crippen LogP) is 1.83. The molecule has 0 unspecified atom stereocenters. The molecule has 2 heterocycles. The molecule has 0 saturated heterocycles. The number of halogens is 1. The van der Waals surface area contributed by atoms with Gasteiger partial charge in [-0.15, -0.1) is 0 Å². The summed E-state index contributed by atoms with van der Waals surface area (Å²) < 4.78 is 2.49. The highest BCUT2D eigenvalue weighted by Crippen LogP contribution is 2.34. The van der Waals surface area contributed by atoms with Crippen LogP contribution in [0, 0.1) is 0 Å². The van der Waals surface area contributed by atoms with Crippen LogP contribution >= 0.6 is 15.9 Å². The average Bonchev–Trinajstić information content (AvgIpc) is 2.99. The third kappa shape index (κ3) is 1.77. The van der Waals surface area contributed by atoms with Gasteiger partial charge in [-0.05, 0) is 28.8 Å². The van der Waals surface area contributed by atoms with E-state index in [-0.39, 0.29) is 0 Å². The quantitative estimate of drug-likeness (QED) is 0.778. The summed E-state index contributed by atoms with van der Waals surface area (Å²) >= 11 is 3.19. The van der Waals surface area contributed by atoms with Crippen molar-refractivity contribution in [2.45, 2.75) is 18.9 Å². The molecule has 1 saturated carbocycles. The van der Waals surface area contributed by atoms with Gasteiger partial charge in [-0.1, -0.05) is 0 Å². The molecule has 0 radical (unpaired) electrons. The van der Waals surface area contributed by atoms with Gasteiger partial charge in [0.1, 0.15) is 6.33 Å². The Kier molecular flexibility index (Phi) is 2.02. The van der Waals surface area contributed by atoms with Crippen molar-refractivity contribution >= 4 is 15.9 Å². The summed E-state index contributed by atoms with van der Waals surface area (Å²) in [5.41, 5.74) is 0.845. The summed E-state index contributed by atoms with van der Waals surface area (Å²) in [5.74, 6) is 0.689. The van der Waals surface area contributed by atoms with Gasteiger partial charge in [0.2, 0.25) is 0 Å². The maximum absolute atomic E-state index is 4.38. The predicted molar refractivity (Wildman–Crippen MR) is 57.0 cm³/mol. The first-order valence-electron chi connectivity index (χ1n) is 4.72. The number of hydrogen-bond donors (Lipinski definition) is 0. The summed E-state index contributed by atoms with van der Waals surface area (Å²) in [6.07, 6.45) is 7.61. The maximum Gasteiger partial charge on any atom is 0.196 e. The van der Waals surface area contributed by atoms with Crippen molar-refractivity contribution in [2.75, 3.05) is 0 Å². The largest absolute Gasteiger partial charge is 0.249 e. The summed E-state index contributed by atoms with van der Waals surface area (Å²) in [6.45, 7) is 0. The second kappa shape index (κ2) is 3.37. The fraction of sp³-hybridized carbons (Fsp3) is 0.333. The zero-order chi connectivity index (χ0) is 10.3. The van der Waals surface area contributed by atoms with Crippen LogP contribution in [0.3, 0.4) is 0 Å². The third-order valence-corrected chi connectivity index (χ3v) is 2.72. The number of hydrogen-bond acceptors (Lipinski definition) is 4. The summed E-state index contributed by atoms with van der Waals surface area (Å²) in [7, 11) is 0. The fourth-order valence-corrected chi connectivity index (χ4v) is 1.55. The molecule has 6 heteroatoms. The summed E-state index contributed by atoms with van der Waals surface area (Å²) in [5, 5.41) is 4.38. The van der Waals surface area contributed by atoms with Crippen LogP contribution in [-0.4, -0.2) is 24.7 Å². The van der Waals surface area contributed by atoms with Gasteiger partial charge in [0.25, 0.3) is 0 Å². The highest BCUT2D eigenvalue weighted by molar-refractivity contribution is 9.10. The molecule has 0 amide bonds. The Balaban J connectivity index is 1.93. The smallest absolute Gasteiger partial charge is 0.196 e. The topological polar surface area (TPSA) is 56.5 Å². The Bertz CT molecular complexity index is 474. The second-order valence-corrected chi connectivity index (χ2v) is 4.23. The monoisotopic (exact) mass is 265 g/mol. The molecule has 1 aliphatic carbocycles. The van der Waals surface area contributed by atoms with Crippen molar-refractivity contribution in [3.63, 3.8) is 0 Å². The molecule has 0 atom stereocenters. The standard InChI is InChI=1S/C9H8BrN5/c10-9-11-3-6(4-12-9)8-13-5-15(14-8)7-1-2-7/h3-5,7H,1-2H2. The molecule has 1 fully saturated rings. The van der Waals surface area contributed by atoms with E-state index in [0.717, 1.165) is 5.56 Å². The number of rotatable bonds is 2. The minimum atomic E-state index is 0.558. The lowest BCUT2D eigenvalue weighted by molar-refractivity contribution is 0.641. The third-order valence-electron chi connectivity index (χ3n) is 2.31. The van der Waals surface area contributed by atoms with Crippen LogP contribution in [0.15, 0.2) is 23.5 Å². The van der Waals surface area contributed by atoms with Gasteiger partial charge in [0.15, 0.2) is 10.6 Å². The van der Waals surface area contributed by atoms with Crippen molar-refractivity contribution in [1.29, 1.82) is 0 Å². The molecule has 1 aliphatic rings. The van der Waals surface area contributed by atoms with Gasteiger partial charge in [-0.3, -0.25) is 0 Å². The zero-order valence-electron chi connectivity index (χ0n) is 7.84. The molecular formula is C9H8BrN5. The van der Waals surface area contributed by atoms with E-state index in [9.17, 15) is 0 Å². The highest BCUT2D eigenvalue weighted by Gasteiger charge is 2.24. The normalized spacial score (nSPS) is 15.5. The van der Waals surface area contributed by atoms with Crippen LogP contribution in [0.25, 0.3) is 11.4 Å². The Morgan fingerprint density at radius 2 is 1.93 bits per heavy atom. The van der Waals surface area contributed by atoms with Crippen molar-refractivity contribution in [3.05, 3.63) is 23.5 Å². The van der Waals surface area contributed by atoms with Crippen molar-refractivity contribution in [1.82, 2.24) is 24.7 Å². The Morgan fingerprint density at radius 1 is 1.20 bits per heavy atom. The lowest BCUT2D eigenvalue weighted by Crippen LogP contribution is -1.94. The molecule has 0 spiro atoms. The van der Waals surface area contributed by atoms with Crippen LogP contribution < -0.4 is 0 Å². The van der Waals surface area contributed by atoms with E-state index in [1.54, 1.807) is 18.7 Å². The fourth-order valence-electron chi connectivity index (χ4n) is 1.35. The van der Waals surface area contributed by atoms with Crippen LogP contribution in [0.4, 0.5) is 0 Å². The van der Waals surface area contributed by atoms with E-state index in [1.165, 1.54) is 12.8 Å². The lowest BCUT2D eigenvalue weighted by Gasteiger charge is -1.94. The van der Waals surface area contributed by atoms with Crippen LogP contribution in [0.2, 0.25) is 0 Å². The molecule has 0 N–H and O–H groups in total. The molecule has 76 valence electrons. The molecular weight excluding hydrogens is 258 g/mol. The average molecular weight is 266 g/mol. The lowest BCUT2D eigenvalue weighted by atomic mass is 10.3. The first kappa shape index (κ1) is 8.96. The first-order chi connectivity index (χ1) is 7.33. The SMILES string of the molecule is Brc1ncc(-c2ncn(C3CC3)n2)cn1. The van der Waals surface area contributed by atoms with Gasteiger partial charge >= 0.3 is 0 Å². The van der Waals surface area contributed by atoms with Crippen LogP contribution in [0.1, 0.15) is 18.9 Å². The number of aromatic nitrogens is 5. The summed E-state index contributed by atoms with van der Waals surface area (Å²) in [6, 6.07) is 0.558. The molecule has 5 nitrogen and oxygen atoms in total. The minimum absolute atomic E-state index is 0.558. The molecule has 3 rings (SSSR count). The van der Waals surface area contributed by atoms with Gasteiger partial charge in [0.05, 0.1) is 11.6 Å². The van der Waals surface area contributed by atoms with Gasteiger partial charge < -0.3 is 0 Å². The Morgan fingerprint density at radius 3 is 2.60 bits per heavy atom. The van der Waals surface area contributed by atoms with E-state index in [2.05, 4.69) is 36.0 Å². The molecule has 0 aliphatic heterocycles. The van der Waals surface area contributed by atoms with Gasteiger partial charge in [0, 0.05) is 12.4 Å². The Labute approximate surface area is 94.7 Å². The zero-order valence-corrected chi connectivity index (χ0v) is 9.42. The molecule has 0 aromatic carbocycles. The minimum Gasteiger partial charge on any atom is -0.249 e. The highest BCUT2D eigenvalue weighted by atomic mass is 79.9. The first-order valence-corrected chi connectivity index (χ1v) is 5.51. The van der Waals surface area contributed by atoms with E-state index in [4.69, 9.17) is 0 Å². The summed E-state index contributed by atoms with van der Waals surface area (Å²) in [4.78, 5) is 12.3. The second-order valence-electron chi connectivity index (χ2n) is 3.52. The van der Waals surface area contributed by atoms with E-state index in [1.807, 2.05) is 4.68 Å². The van der Waals surface area contributed by atoms with Crippen LogP contribution in [-0.2, 0) is 0 Å². The van der Waals surface area contributed by atoms with Gasteiger partial charge in [-0.25, -0.2) is 19.6 Å². The van der Waals surface area contributed by atoms with E-state index in [0.29, 0.717) is 16.6 Å². The maximum atomic E-state index is 4.38. The van der Waals surface area contributed by atoms with Crippen molar-refractivity contribution in [3.8, 4) is 11.4 Å². The van der Waals surface area contributed by atoms with Crippen molar-refractivity contribution in [2.24, 2.45) is 0 Å². The molecule has 15 heavy (non-hydrogen) atoms. The molecule has 0 bridgehead atoms. The Hall–Kier alpha value is -1.30. The molecule has 2 aromatic heterocycles. The number of nitrogens with zero attached hydrogens (tertiary/aromatic N) is 5.